The largest absolute Gasteiger partial charge is 0.357 e. The van der Waals surface area contributed by atoms with Gasteiger partial charge < -0.3 is 26.2 Å². The molecule has 0 spiro atoms. The topological polar surface area (TPSA) is 120 Å². The molecular weight excluding hydrogens is 446 g/mol. The summed E-state index contributed by atoms with van der Waals surface area (Å²) in [6, 6.07) is -1.50. The molecule has 4 N–H and O–H groups in total. The molecule has 9 nitrogen and oxygen atoms in total. The number of nitrogens with zero attached hydrogens (tertiary/aromatic N) is 1. The number of hydrogen-bond acceptors (Lipinski definition) is 5. The molecule has 35 heavy (non-hydrogen) atoms. The van der Waals surface area contributed by atoms with Crippen molar-refractivity contribution < 1.29 is 19.2 Å². The molecule has 0 aromatic rings. The van der Waals surface area contributed by atoms with Crippen LogP contribution >= 0.6 is 0 Å². The van der Waals surface area contributed by atoms with E-state index in [1.807, 2.05) is 20.9 Å². The minimum absolute atomic E-state index is 0.0941. The first-order chi connectivity index (χ1) is 16.8. The maximum Gasteiger partial charge on any atom is 0.246 e. The third-order valence-corrected chi connectivity index (χ3v) is 6.03. The number of unbranched alkanes of at least 4 members (excludes halogenated alkanes) is 1. The maximum atomic E-state index is 13.1. The highest BCUT2D eigenvalue weighted by atomic mass is 16.2. The summed E-state index contributed by atoms with van der Waals surface area (Å²) >= 11 is 0. The number of likely N-dealkylation sites (N-methyl/N-ethyl adjacent to an activating group) is 1. The van der Waals surface area contributed by atoms with Crippen molar-refractivity contribution in [2.45, 2.75) is 111 Å². The van der Waals surface area contributed by atoms with Crippen LogP contribution in [0.5, 0.6) is 0 Å². The molecule has 3 atom stereocenters. The molecule has 1 aliphatic carbocycles. The minimum Gasteiger partial charge on any atom is -0.357 e. The summed E-state index contributed by atoms with van der Waals surface area (Å²) in [6.07, 6.45) is 8.60. The monoisotopic (exact) mass is 499 g/mol. The van der Waals surface area contributed by atoms with Gasteiger partial charge in [-0.05, 0) is 38.8 Å². The van der Waals surface area contributed by atoms with E-state index in [0.717, 1.165) is 38.6 Å². The van der Waals surface area contributed by atoms with Gasteiger partial charge in [-0.1, -0.05) is 66.7 Å². The van der Waals surface area contributed by atoms with E-state index in [1.165, 1.54) is 31.7 Å². The van der Waals surface area contributed by atoms with Crippen LogP contribution in [0, 0.1) is 5.92 Å². The van der Waals surface area contributed by atoms with Crippen molar-refractivity contribution >= 4 is 24.1 Å². The Morgan fingerprint density at radius 2 is 1.54 bits per heavy atom. The molecular formula is C26H53N5O4. The molecule has 1 heterocycles. The highest BCUT2D eigenvalue weighted by Crippen LogP contribution is 2.29. The Bertz CT molecular complexity index is 574. The molecule has 0 aromatic carbocycles. The van der Waals surface area contributed by atoms with Crippen LogP contribution in [0.1, 0.15) is 92.9 Å². The molecule has 1 saturated carbocycles. The van der Waals surface area contributed by atoms with Crippen LogP contribution in [0.2, 0.25) is 0 Å². The Balaban J connectivity index is 0. The second kappa shape index (κ2) is 22.3. The first kappa shape index (κ1) is 35.0. The molecule has 1 aliphatic heterocycles. The fourth-order valence-electron chi connectivity index (χ4n) is 4.02. The highest BCUT2D eigenvalue weighted by Gasteiger charge is 2.43. The summed E-state index contributed by atoms with van der Waals surface area (Å²) in [4.78, 5) is 49.2. The van der Waals surface area contributed by atoms with Crippen molar-refractivity contribution in [1.29, 1.82) is 0 Å². The molecule has 3 unspecified atom stereocenters. The second-order valence-corrected chi connectivity index (χ2v) is 8.62. The van der Waals surface area contributed by atoms with Gasteiger partial charge in [-0.2, -0.15) is 0 Å². The highest BCUT2D eigenvalue weighted by molar-refractivity contribution is 5.91. The van der Waals surface area contributed by atoms with Gasteiger partial charge in [-0.3, -0.25) is 19.2 Å². The first-order valence-electron chi connectivity index (χ1n) is 13.4. The number of carbonyl (C=O) groups excluding carboxylic acids is 4. The lowest BCUT2D eigenvalue weighted by molar-refractivity contribution is -0.142. The van der Waals surface area contributed by atoms with Gasteiger partial charge in [0.2, 0.25) is 24.1 Å². The molecule has 206 valence electrons. The molecule has 0 aromatic heterocycles. The Morgan fingerprint density at radius 3 is 1.94 bits per heavy atom. The van der Waals surface area contributed by atoms with Crippen LogP contribution in [0.15, 0.2) is 0 Å². The van der Waals surface area contributed by atoms with Gasteiger partial charge in [-0.25, -0.2) is 0 Å². The van der Waals surface area contributed by atoms with E-state index in [2.05, 4.69) is 42.0 Å². The van der Waals surface area contributed by atoms with Crippen molar-refractivity contribution in [1.82, 2.24) is 26.2 Å². The molecule has 2 aliphatic rings. The van der Waals surface area contributed by atoms with Crippen molar-refractivity contribution in [2.24, 2.45) is 5.92 Å². The fraction of sp³-hybridized carbons (Fsp3) is 0.846. The van der Waals surface area contributed by atoms with Crippen molar-refractivity contribution in [2.75, 3.05) is 27.2 Å². The summed E-state index contributed by atoms with van der Waals surface area (Å²) in [5.41, 5.74) is 0. The predicted molar refractivity (Wildman–Crippen MR) is 143 cm³/mol. The fourth-order valence-corrected chi connectivity index (χ4v) is 4.02. The van der Waals surface area contributed by atoms with Crippen LogP contribution < -0.4 is 21.3 Å². The number of likely N-dealkylation sites (tertiary alicyclic amines) is 1. The average Bonchev–Trinajstić information content (AvgIpc) is 3.31. The predicted octanol–water partition coefficient (Wildman–Crippen LogP) is 2.59. The lowest BCUT2D eigenvalue weighted by atomic mass is 9.83. The Labute approximate surface area is 213 Å². The van der Waals surface area contributed by atoms with Crippen LogP contribution in [-0.4, -0.2) is 74.3 Å². The van der Waals surface area contributed by atoms with Gasteiger partial charge in [0.15, 0.2) is 0 Å². The SMILES string of the molecule is CC.CCCC.CCNC.CNC(=O)C1CC(NC(C)=O)CN1C(=O)C(NC=O)C1CCCCC1. The van der Waals surface area contributed by atoms with Gasteiger partial charge in [0.05, 0.1) is 0 Å². The van der Waals surface area contributed by atoms with Crippen molar-refractivity contribution in [3.63, 3.8) is 0 Å². The number of hydrogen-bond donors (Lipinski definition) is 4. The number of rotatable bonds is 8. The summed E-state index contributed by atoms with van der Waals surface area (Å²) < 4.78 is 0. The smallest absolute Gasteiger partial charge is 0.246 e. The number of amides is 4. The van der Waals surface area contributed by atoms with Crippen molar-refractivity contribution in [3.05, 3.63) is 0 Å². The van der Waals surface area contributed by atoms with Crippen LogP contribution in [0.25, 0.3) is 0 Å². The first-order valence-corrected chi connectivity index (χ1v) is 13.4. The van der Waals surface area contributed by atoms with E-state index in [-0.39, 0.29) is 36.2 Å². The van der Waals surface area contributed by atoms with E-state index < -0.39 is 12.1 Å². The normalized spacial score (nSPS) is 19.8. The van der Waals surface area contributed by atoms with E-state index in [0.29, 0.717) is 12.8 Å². The van der Waals surface area contributed by atoms with E-state index >= 15 is 0 Å². The zero-order chi connectivity index (χ0) is 27.2. The second-order valence-electron chi connectivity index (χ2n) is 8.62. The summed E-state index contributed by atoms with van der Waals surface area (Å²) in [5, 5.41) is 11.0. The van der Waals surface area contributed by atoms with Crippen LogP contribution in [0.4, 0.5) is 0 Å². The van der Waals surface area contributed by atoms with Gasteiger partial charge >= 0.3 is 0 Å². The van der Waals surface area contributed by atoms with Gasteiger partial charge in [-0.15, -0.1) is 0 Å². The zero-order valence-electron chi connectivity index (χ0n) is 23.5. The van der Waals surface area contributed by atoms with Gasteiger partial charge in [0.1, 0.15) is 12.1 Å². The third kappa shape index (κ3) is 14.1. The molecule has 0 bridgehead atoms. The zero-order valence-corrected chi connectivity index (χ0v) is 23.5. The Morgan fingerprint density at radius 1 is 1.00 bits per heavy atom. The lowest BCUT2D eigenvalue weighted by Gasteiger charge is -2.33. The lowest BCUT2D eigenvalue weighted by Crippen LogP contribution is -2.54. The maximum absolute atomic E-state index is 13.1. The summed E-state index contributed by atoms with van der Waals surface area (Å²) in [7, 11) is 3.46. The van der Waals surface area contributed by atoms with E-state index in [4.69, 9.17) is 0 Å². The molecule has 1 saturated heterocycles. The molecule has 2 rings (SSSR count). The summed E-state index contributed by atoms with van der Waals surface area (Å²) in [5.74, 6) is -0.587. The number of nitrogens with one attached hydrogen (secondary N) is 4. The Kier molecular flexibility index (Phi) is 22.3. The van der Waals surface area contributed by atoms with E-state index in [1.54, 1.807) is 0 Å². The Hall–Kier alpha value is -2.16. The van der Waals surface area contributed by atoms with Gasteiger partial charge in [0.25, 0.3) is 0 Å². The molecule has 4 amide bonds. The number of carbonyl (C=O) groups is 4. The minimum atomic E-state index is -0.631. The van der Waals surface area contributed by atoms with Crippen LogP contribution in [0.3, 0.4) is 0 Å². The molecule has 0 radical (unpaired) electrons. The quantitative estimate of drug-likeness (QED) is 0.383. The van der Waals surface area contributed by atoms with Crippen molar-refractivity contribution in [3.8, 4) is 0 Å². The standard InChI is InChI=1S/C17H28N4O4.C4H10.C3H9N.C2H6/c1-11(23)20-13-8-14(16(24)18-2)21(9-13)17(25)15(19-10-22)12-6-4-3-5-7-12;2*1-3-4-2;1-2/h10,12-15H,3-9H2,1-2H3,(H,18,24)(H,19,22)(H,20,23);3-4H2,1-2H3;4H,3H2,1-2H3;1-2H3. The average molecular weight is 500 g/mol. The third-order valence-electron chi connectivity index (χ3n) is 6.03. The summed E-state index contributed by atoms with van der Waals surface area (Å²) in [6.45, 7) is 13.2. The molecule has 2 fully saturated rings. The van der Waals surface area contributed by atoms with Crippen LogP contribution in [-0.2, 0) is 19.2 Å². The molecule has 9 heteroatoms. The van der Waals surface area contributed by atoms with E-state index in [9.17, 15) is 19.2 Å². The van der Waals surface area contributed by atoms with Gasteiger partial charge in [0, 0.05) is 26.6 Å².